The highest BCUT2D eigenvalue weighted by Gasteiger charge is 2.30. The number of alkyl halides is 6. The molecule has 242 valence electrons. The Balaban J connectivity index is 0.000000185. The van der Waals surface area contributed by atoms with Gasteiger partial charge in [0.2, 0.25) is 11.8 Å². The summed E-state index contributed by atoms with van der Waals surface area (Å²) in [6.45, 7) is 0. The second-order valence-electron chi connectivity index (χ2n) is 10.1. The first-order chi connectivity index (χ1) is 22.4. The molecule has 0 aliphatic heterocycles. The van der Waals surface area contributed by atoms with Crippen molar-refractivity contribution in [3.8, 4) is 22.9 Å². The van der Waals surface area contributed by atoms with E-state index in [-0.39, 0.29) is 4.84 Å². The Hall–Kier alpha value is -4.69. The van der Waals surface area contributed by atoms with Crippen molar-refractivity contribution < 1.29 is 35.2 Å². The van der Waals surface area contributed by atoms with Gasteiger partial charge in [-0.1, -0.05) is 72.4 Å². The maximum absolute atomic E-state index is 12.6. The Kier molecular flexibility index (Phi) is 10.3. The van der Waals surface area contributed by atoms with Crippen molar-refractivity contribution in [3.63, 3.8) is 0 Å². The number of rotatable bonds is 7. The van der Waals surface area contributed by atoms with Crippen molar-refractivity contribution in [2.45, 2.75) is 30.4 Å². The van der Waals surface area contributed by atoms with Crippen LogP contribution >= 0.6 is 24.0 Å². The van der Waals surface area contributed by atoms with E-state index >= 15 is 0 Å². The molecule has 0 spiro atoms. The molecule has 2 heterocycles. The van der Waals surface area contributed by atoms with Gasteiger partial charge in [-0.2, -0.15) is 26.3 Å². The highest BCUT2D eigenvalue weighted by atomic mass is 32.2. The highest BCUT2D eigenvalue weighted by Crippen LogP contribution is 2.32. The molecule has 0 atom stereocenters. The molecule has 0 fully saturated rings. The number of nitrogens with zero attached hydrogens (tertiary/aromatic N) is 3. The quantitative estimate of drug-likeness (QED) is 0.102. The van der Waals surface area contributed by atoms with Crippen molar-refractivity contribution >= 4 is 24.0 Å². The van der Waals surface area contributed by atoms with Gasteiger partial charge in [0.05, 0.1) is 11.1 Å². The van der Waals surface area contributed by atoms with Crippen LogP contribution in [0.5, 0.6) is 0 Å². The van der Waals surface area contributed by atoms with Crippen LogP contribution in [0.4, 0.5) is 26.3 Å². The van der Waals surface area contributed by atoms with Gasteiger partial charge in [0, 0.05) is 11.1 Å². The van der Waals surface area contributed by atoms with E-state index in [2.05, 4.69) is 20.4 Å². The van der Waals surface area contributed by atoms with Gasteiger partial charge < -0.3 is 8.83 Å². The molecule has 0 unspecified atom stereocenters. The molecule has 14 heteroatoms. The Labute approximate surface area is 273 Å². The predicted octanol–water partition coefficient (Wildman–Crippen LogP) is 10.1. The minimum absolute atomic E-state index is 0.171. The lowest BCUT2D eigenvalue weighted by Crippen LogP contribution is -2.04. The fraction of sp³-hybridized carbons (Fsp3) is 0.152. The van der Waals surface area contributed by atoms with Gasteiger partial charge in [-0.15, -0.1) is 15.3 Å². The number of aromatic amines is 1. The number of hydrogen-bond acceptors (Lipinski definition) is 7. The minimum atomic E-state index is -4.33. The van der Waals surface area contributed by atoms with Crippen molar-refractivity contribution in [1.29, 1.82) is 0 Å². The van der Waals surface area contributed by atoms with E-state index in [4.69, 9.17) is 21.1 Å². The van der Waals surface area contributed by atoms with Gasteiger partial charge in [0.1, 0.15) is 0 Å². The van der Waals surface area contributed by atoms with E-state index in [1.54, 1.807) is 0 Å². The summed E-state index contributed by atoms with van der Waals surface area (Å²) in [7, 11) is 0. The van der Waals surface area contributed by atoms with Gasteiger partial charge >= 0.3 is 12.4 Å². The fourth-order valence-electron chi connectivity index (χ4n) is 4.58. The van der Waals surface area contributed by atoms with Crippen LogP contribution in [0.2, 0.25) is 0 Å². The van der Waals surface area contributed by atoms with Crippen molar-refractivity contribution in [2.75, 3.05) is 6.26 Å². The van der Waals surface area contributed by atoms with Crippen molar-refractivity contribution in [3.05, 3.63) is 135 Å². The third-order valence-corrected chi connectivity index (χ3v) is 7.56. The largest absolute Gasteiger partial charge is 0.416 e. The summed E-state index contributed by atoms with van der Waals surface area (Å²) in [6.07, 6.45) is -5.88. The molecule has 6 rings (SSSR count). The molecule has 4 aromatic carbocycles. The number of benzene rings is 4. The Morgan fingerprint density at radius 1 is 0.638 bits per heavy atom. The molecule has 0 aliphatic carbocycles. The van der Waals surface area contributed by atoms with E-state index in [0.717, 1.165) is 57.6 Å². The zero-order valence-electron chi connectivity index (χ0n) is 24.4. The molecule has 0 radical (unpaired) electrons. The number of H-pyrrole nitrogens is 1. The summed E-state index contributed by atoms with van der Waals surface area (Å²) in [5, 5.41) is 15.0. The molecule has 0 bridgehead atoms. The first-order valence-electron chi connectivity index (χ1n) is 13.8. The lowest BCUT2D eigenvalue weighted by Gasteiger charge is -2.09. The molecule has 0 saturated carbocycles. The molecular formula is C33H24F6N4O2S2. The van der Waals surface area contributed by atoms with E-state index in [0.29, 0.717) is 29.8 Å². The summed E-state index contributed by atoms with van der Waals surface area (Å²) in [6, 6.07) is 25.1. The van der Waals surface area contributed by atoms with Gasteiger partial charge in [-0.05, 0) is 90.0 Å². The fourth-order valence-corrected chi connectivity index (χ4v) is 4.98. The van der Waals surface area contributed by atoms with Crippen LogP contribution in [0.15, 0.2) is 111 Å². The zero-order chi connectivity index (χ0) is 33.6. The summed E-state index contributed by atoms with van der Waals surface area (Å²) in [4.78, 5) is 0.171. The maximum atomic E-state index is 12.6. The average molecular weight is 687 g/mol. The number of aromatic nitrogens is 4. The zero-order valence-corrected chi connectivity index (χ0v) is 26.0. The van der Waals surface area contributed by atoms with Gasteiger partial charge in [0.15, 0.2) is 0 Å². The van der Waals surface area contributed by atoms with Crippen LogP contribution < -0.4 is 0 Å². The second kappa shape index (κ2) is 14.4. The Morgan fingerprint density at radius 2 is 1.11 bits per heavy atom. The van der Waals surface area contributed by atoms with Crippen LogP contribution in [0.3, 0.4) is 0 Å². The van der Waals surface area contributed by atoms with E-state index < -0.39 is 23.5 Å². The van der Waals surface area contributed by atoms with Crippen LogP contribution in [-0.2, 0) is 25.2 Å². The molecular weight excluding hydrogens is 663 g/mol. The molecule has 1 N–H and O–H groups in total. The molecule has 2 aromatic heterocycles. The van der Waals surface area contributed by atoms with E-state index in [1.807, 2.05) is 54.8 Å². The van der Waals surface area contributed by atoms with Crippen molar-refractivity contribution in [2.24, 2.45) is 0 Å². The van der Waals surface area contributed by atoms with E-state index in [9.17, 15) is 26.3 Å². The normalized spacial score (nSPS) is 11.6. The number of hydrogen-bond donors (Lipinski definition) is 1. The van der Waals surface area contributed by atoms with Crippen LogP contribution in [0.25, 0.3) is 22.9 Å². The molecule has 0 saturated heterocycles. The van der Waals surface area contributed by atoms with Gasteiger partial charge in [-0.25, -0.2) is 5.10 Å². The van der Waals surface area contributed by atoms with Crippen molar-refractivity contribution in [1.82, 2.24) is 20.4 Å². The Bertz CT molecular complexity index is 1980. The summed E-state index contributed by atoms with van der Waals surface area (Å²) in [5.41, 5.74) is 3.56. The number of halogens is 6. The number of thioether (sulfide) groups is 1. The maximum Gasteiger partial charge on any atom is 0.416 e. The monoisotopic (exact) mass is 686 g/mol. The molecule has 6 aromatic rings. The lowest BCUT2D eigenvalue weighted by molar-refractivity contribution is -0.138. The average Bonchev–Trinajstić information content (AvgIpc) is 3.71. The summed E-state index contributed by atoms with van der Waals surface area (Å²) in [5.74, 6) is 0.763. The standard InChI is InChI=1S/C17H13F3N2OS.C16H11F3N2OS/c1-24-16-22-21-15(23-16)14-5-3-2-4-12(14)10-11-6-8-13(9-7-11)17(18,19)20;17-16(18,19)12-7-5-10(6-8-12)9-11-3-1-2-4-13(11)14-20-21-15(23)22-14/h2-9H,10H2,1H3;1-8H,9H2,(H,21,23). The smallest absolute Gasteiger partial charge is 0.411 e. The van der Waals surface area contributed by atoms with Gasteiger partial charge in [0.25, 0.3) is 10.1 Å². The molecule has 0 amide bonds. The minimum Gasteiger partial charge on any atom is -0.411 e. The highest BCUT2D eigenvalue weighted by molar-refractivity contribution is 7.98. The topological polar surface area (TPSA) is 80.7 Å². The van der Waals surface area contributed by atoms with Crippen LogP contribution in [-0.4, -0.2) is 26.7 Å². The third-order valence-electron chi connectivity index (χ3n) is 6.87. The SMILES string of the molecule is CSc1nnc(-c2ccccc2Cc2ccc(C(F)(F)F)cc2)o1.FC(F)(F)c1ccc(Cc2ccccc2-c2n[nH]c(=S)o2)cc1. The first kappa shape index (κ1) is 33.7. The van der Waals surface area contributed by atoms with E-state index in [1.165, 1.54) is 36.0 Å². The lowest BCUT2D eigenvalue weighted by atomic mass is 9.99. The summed E-state index contributed by atoms with van der Waals surface area (Å²) < 4.78 is 86.6. The van der Waals surface area contributed by atoms with Crippen LogP contribution in [0.1, 0.15) is 33.4 Å². The van der Waals surface area contributed by atoms with Gasteiger partial charge in [-0.3, -0.25) is 0 Å². The molecule has 0 aliphatic rings. The first-order valence-corrected chi connectivity index (χ1v) is 15.5. The predicted molar refractivity (Wildman–Crippen MR) is 167 cm³/mol. The number of nitrogens with one attached hydrogen (secondary N) is 1. The molecule has 6 nitrogen and oxygen atoms in total. The van der Waals surface area contributed by atoms with Crippen LogP contribution in [0, 0.1) is 4.84 Å². The summed E-state index contributed by atoms with van der Waals surface area (Å²) >= 11 is 6.21. The second-order valence-corrected chi connectivity index (χ2v) is 11.2. The Morgan fingerprint density at radius 3 is 1.51 bits per heavy atom. The third kappa shape index (κ3) is 8.77. The molecule has 47 heavy (non-hydrogen) atoms.